The van der Waals surface area contributed by atoms with Gasteiger partial charge in [-0.2, -0.15) is 13.2 Å². The van der Waals surface area contributed by atoms with Crippen molar-refractivity contribution in [1.82, 2.24) is 9.97 Å². The number of ether oxygens (including phenoxy) is 2. The highest BCUT2D eigenvalue weighted by Crippen LogP contribution is 2.38. The Morgan fingerprint density at radius 3 is 2.59 bits per heavy atom. The number of hydrogen-bond donors (Lipinski definition) is 2. The predicted molar refractivity (Wildman–Crippen MR) is 133 cm³/mol. The maximum absolute atomic E-state index is 13.9. The van der Waals surface area contributed by atoms with Gasteiger partial charge in [-0.1, -0.05) is 12.1 Å². The van der Waals surface area contributed by atoms with Gasteiger partial charge in [-0.05, 0) is 53.2 Å². The molecule has 0 unspecified atom stereocenters. The molecule has 3 aromatic carbocycles. The summed E-state index contributed by atoms with van der Waals surface area (Å²) in [6, 6.07) is 15.4. The lowest BCUT2D eigenvalue weighted by Crippen LogP contribution is -2.36. The van der Waals surface area contributed by atoms with Gasteiger partial charge < -0.3 is 25.4 Å². The van der Waals surface area contributed by atoms with Gasteiger partial charge in [-0.3, -0.25) is 4.79 Å². The molecule has 11 heteroatoms. The number of hydrogen-bond acceptors (Lipinski definition) is 7. The number of fused-ring (bicyclic) bond motifs is 1. The van der Waals surface area contributed by atoms with Crippen LogP contribution in [0, 0.1) is 0 Å². The third-order valence-corrected chi connectivity index (χ3v) is 5.92. The molecule has 190 valence electrons. The lowest BCUT2D eigenvalue weighted by molar-refractivity contribution is -0.136. The molecule has 1 aliphatic rings. The predicted octanol–water partition coefficient (Wildman–Crippen LogP) is 5.11. The molecule has 1 aromatic heterocycles. The molecule has 0 saturated carbocycles. The average Bonchev–Trinajstić information content (AvgIpc) is 2.88. The molecule has 0 atom stereocenters. The Bertz CT molecular complexity index is 1460. The molecule has 1 fully saturated rings. The van der Waals surface area contributed by atoms with E-state index in [4.69, 9.17) is 15.2 Å². The Kier molecular flexibility index (Phi) is 6.53. The molecular formula is C26H22F3N5O3. The summed E-state index contributed by atoms with van der Waals surface area (Å²) < 4.78 is 52.8. The molecule has 0 aliphatic carbocycles. The number of morpholine rings is 1. The highest BCUT2D eigenvalue weighted by atomic mass is 19.4. The summed E-state index contributed by atoms with van der Waals surface area (Å²) in [6.45, 7) is 1.88. The van der Waals surface area contributed by atoms with Crippen molar-refractivity contribution in [3.63, 3.8) is 0 Å². The fourth-order valence-electron chi connectivity index (χ4n) is 4.14. The van der Waals surface area contributed by atoms with Crippen LogP contribution in [0.4, 0.5) is 30.4 Å². The van der Waals surface area contributed by atoms with Gasteiger partial charge in [-0.15, -0.1) is 0 Å². The van der Waals surface area contributed by atoms with E-state index in [0.29, 0.717) is 48.5 Å². The second-order valence-corrected chi connectivity index (χ2v) is 8.35. The van der Waals surface area contributed by atoms with Gasteiger partial charge in [0.05, 0.1) is 24.5 Å². The van der Waals surface area contributed by atoms with Crippen LogP contribution in [0.5, 0.6) is 11.6 Å². The summed E-state index contributed by atoms with van der Waals surface area (Å²) in [5.41, 5.74) is 5.08. The number of nitrogens with two attached hydrogens (primary N) is 1. The first-order valence-electron chi connectivity index (χ1n) is 11.4. The van der Waals surface area contributed by atoms with E-state index in [1.54, 1.807) is 42.5 Å². The minimum absolute atomic E-state index is 0.223. The van der Waals surface area contributed by atoms with E-state index in [-0.39, 0.29) is 22.9 Å². The number of nitrogen functional groups attached to an aromatic ring is 1. The zero-order chi connectivity index (χ0) is 26.0. The van der Waals surface area contributed by atoms with Gasteiger partial charge in [0.2, 0.25) is 5.88 Å². The SMILES string of the molecule is Nc1cc(Oc2ccc3c(C(=O)Nc4ccc(N5CCOCC5)cc4C(F)(F)F)cccc3c2)ncn1. The van der Waals surface area contributed by atoms with E-state index in [2.05, 4.69) is 15.3 Å². The van der Waals surface area contributed by atoms with Gasteiger partial charge in [-0.25, -0.2) is 9.97 Å². The van der Waals surface area contributed by atoms with Crippen LogP contribution >= 0.6 is 0 Å². The molecule has 0 spiro atoms. The fourth-order valence-corrected chi connectivity index (χ4v) is 4.14. The van der Waals surface area contributed by atoms with Gasteiger partial charge in [0.15, 0.2) is 0 Å². The third-order valence-electron chi connectivity index (χ3n) is 5.92. The first kappa shape index (κ1) is 24.3. The molecular weight excluding hydrogens is 487 g/mol. The summed E-state index contributed by atoms with van der Waals surface area (Å²) in [5.74, 6) is 0.288. The zero-order valence-corrected chi connectivity index (χ0v) is 19.5. The number of nitrogens with zero attached hydrogens (tertiary/aromatic N) is 3. The molecule has 2 heterocycles. The van der Waals surface area contributed by atoms with E-state index >= 15 is 0 Å². The number of alkyl halides is 3. The Morgan fingerprint density at radius 2 is 1.84 bits per heavy atom. The standard InChI is InChI=1S/C26H22F3N5O3/c27-26(28,29)21-13-17(34-8-10-36-11-9-34)4-7-22(21)33-25(35)20-3-1-2-16-12-18(5-6-19(16)20)37-24-14-23(30)31-15-32-24/h1-7,12-15H,8-11H2,(H,33,35)(H2,30,31,32). The topological polar surface area (TPSA) is 103 Å². The number of nitrogens with one attached hydrogen (secondary N) is 1. The number of amides is 1. The van der Waals surface area contributed by atoms with Gasteiger partial charge in [0.1, 0.15) is 17.9 Å². The van der Waals surface area contributed by atoms with Crippen LogP contribution in [0.1, 0.15) is 15.9 Å². The van der Waals surface area contributed by atoms with Gasteiger partial charge >= 0.3 is 6.18 Å². The number of anilines is 3. The number of benzene rings is 3. The fraction of sp³-hybridized carbons (Fsp3) is 0.192. The van der Waals surface area contributed by atoms with Crippen molar-refractivity contribution >= 4 is 33.9 Å². The number of carbonyl (C=O) groups excluding carboxylic acids is 1. The quantitative estimate of drug-likeness (QED) is 0.385. The Hall–Kier alpha value is -4.38. The Morgan fingerprint density at radius 1 is 1.03 bits per heavy atom. The molecule has 0 radical (unpaired) electrons. The maximum Gasteiger partial charge on any atom is 0.418 e. The van der Waals surface area contributed by atoms with E-state index in [1.165, 1.54) is 18.5 Å². The molecule has 37 heavy (non-hydrogen) atoms. The molecule has 8 nitrogen and oxygen atoms in total. The normalized spacial score (nSPS) is 14.0. The van der Waals surface area contributed by atoms with Crippen molar-refractivity contribution in [3.8, 4) is 11.6 Å². The summed E-state index contributed by atoms with van der Waals surface area (Å²) in [4.78, 5) is 22.8. The van der Waals surface area contributed by atoms with Crippen molar-refractivity contribution < 1.29 is 27.4 Å². The summed E-state index contributed by atoms with van der Waals surface area (Å²) in [5, 5.41) is 3.66. The van der Waals surface area contributed by atoms with Crippen molar-refractivity contribution in [3.05, 3.63) is 78.1 Å². The highest BCUT2D eigenvalue weighted by molar-refractivity contribution is 6.13. The first-order valence-corrected chi connectivity index (χ1v) is 11.4. The van der Waals surface area contributed by atoms with Crippen LogP contribution in [-0.2, 0) is 10.9 Å². The third kappa shape index (κ3) is 5.41. The molecule has 1 amide bonds. The van der Waals surface area contributed by atoms with Crippen LogP contribution in [0.3, 0.4) is 0 Å². The van der Waals surface area contributed by atoms with Gasteiger partial charge in [0.25, 0.3) is 5.91 Å². The van der Waals surface area contributed by atoms with Gasteiger partial charge in [0, 0.05) is 30.4 Å². The average molecular weight is 509 g/mol. The van der Waals surface area contributed by atoms with Crippen LogP contribution in [0.25, 0.3) is 10.8 Å². The summed E-state index contributed by atoms with van der Waals surface area (Å²) in [7, 11) is 0. The van der Waals surface area contributed by atoms with Crippen LogP contribution in [0.15, 0.2) is 67.0 Å². The number of carbonyl (C=O) groups is 1. The zero-order valence-electron chi connectivity index (χ0n) is 19.5. The Labute approximate surface area is 209 Å². The van der Waals surface area contributed by atoms with Crippen molar-refractivity contribution in [2.75, 3.05) is 42.3 Å². The van der Waals surface area contributed by atoms with Crippen LogP contribution < -0.4 is 20.7 Å². The second kappa shape index (κ2) is 9.94. The molecule has 1 aliphatic heterocycles. The lowest BCUT2D eigenvalue weighted by atomic mass is 10.0. The molecule has 0 bridgehead atoms. The van der Waals surface area contributed by atoms with Crippen LogP contribution in [-0.4, -0.2) is 42.2 Å². The second-order valence-electron chi connectivity index (χ2n) is 8.35. The lowest BCUT2D eigenvalue weighted by Gasteiger charge is -2.29. The number of rotatable bonds is 5. The number of halogens is 3. The Balaban J connectivity index is 1.42. The van der Waals surface area contributed by atoms with Crippen LogP contribution in [0.2, 0.25) is 0 Å². The summed E-state index contributed by atoms with van der Waals surface area (Å²) in [6.07, 6.45) is -3.38. The minimum Gasteiger partial charge on any atom is -0.439 e. The van der Waals surface area contributed by atoms with E-state index in [9.17, 15) is 18.0 Å². The maximum atomic E-state index is 13.9. The highest BCUT2D eigenvalue weighted by Gasteiger charge is 2.35. The summed E-state index contributed by atoms with van der Waals surface area (Å²) >= 11 is 0. The monoisotopic (exact) mass is 509 g/mol. The number of aromatic nitrogens is 2. The minimum atomic E-state index is -4.65. The largest absolute Gasteiger partial charge is 0.439 e. The molecule has 4 aromatic rings. The smallest absolute Gasteiger partial charge is 0.418 e. The first-order chi connectivity index (χ1) is 17.8. The molecule has 1 saturated heterocycles. The van der Waals surface area contributed by atoms with Crippen molar-refractivity contribution in [1.29, 1.82) is 0 Å². The van der Waals surface area contributed by atoms with Crippen molar-refractivity contribution in [2.24, 2.45) is 0 Å². The van der Waals surface area contributed by atoms with E-state index in [1.807, 2.05) is 4.90 Å². The van der Waals surface area contributed by atoms with Crippen molar-refractivity contribution in [2.45, 2.75) is 6.18 Å². The van der Waals surface area contributed by atoms with E-state index in [0.717, 1.165) is 6.07 Å². The molecule has 5 rings (SSSR count). The van der Waals surface area contributed by atoms with E-state index < -0.39 is 17.6 Å². The molecule has 3 N–H and O–H groups in total.